The van der Waals surface area contributed by atoms with Crippen molar-refractivity contribution in [1.82, 2.24) is 4.90 Å². The molecule has 1 aromatic rings. The summed E-state index contributed by atoms with van der Waals surface area (Å²) in [6.45, 7) is 8.59. The number of nitrogens with zero attached hydrogens (tertiary/aromatic N) is 1. The number of ether oxygens (including phenoxy) is 1. The molecule has 0 saturated heterocycles. The van der Waals surface area contributed by atoms with E-state index in [-0.39, 0.29) is 0 Å². The molecular formula is C16H28N2O. The molecule has 0 aliphatic heterocycles. The molecule has 0 aromatic heterocycles. The number of rotatable bonds is 10. The first-order chi connectivity index (χ1) is 9.26. The van der Waals surface area contributed by atoms with Crippen LogP contribution in [0.1, 0.15) is 39.5 Å². The van der Waals surface area contributed by atoms with Crippen LogP contribution in [0.15, 0.2) is 24.3 Å². The Bertz CT molecular complexity index is 316. The molecule has 0 aliphatic carbocycles. The second-order valence-corrected chi connectivity index (χ2v) is 4.97. The van der Waals surface area contributed by atoms with Crippen molar-refractivity contribution < 1.29 is 4.74 Å². The van der Waals surface area contributed by atoms with Gasteiger partial charge in [0.1, 0.15) is 12.4 Å². The molecule has 0 unspecified atom stereocenters. The molecule has 3 nitrogen and oxygen atoms in total. The fraction of sp³-hybridized carbons (Fsp3) is 0.625. The minimum atomic E-state index is 0.747. The van der Waals surface area contributed by atoms with Gasteiger partial charge in [-0.05, 0) is 50.2 Å². The van der Waals surface area contributed by atoms with Crippen molar-refractivity contribution in [3.05, 3.63) is 24.3 Å². The van der Waals surface area contributed by atoms with Crippen molar-refractivity contribution >= 4 is 5.69 Å². The summed E-state index contributed by atoms with van der Waals surface area (Å²) in [5.74, 6) is 0.903. The fourth-order valence-electron chi connectivity index (χ4n) is 1.96. The number of hydrogen-bond acceptors (Lipinski definition) is 3. The van der Waals surface area contributed by atoms with Crippen molar-refractivity contribution in [2.24, 2.45) is 0 Å². The molecular weight excluding hydrogens is 236 g/mol. The van der Waals surface area contributed by atoms with E-state index in [1.807, 2.05) is 24.3 Å². The smallest absolute Gasteiger partial charge is 0.119 e. The molecule has 2 N–H and O–H groups in total. The lowest BCUT2D eigenvalue weighted by Crippen LogP contribution is -2.30. The number of unbranched alkanes of at least 4 members (excludes halogenated alkanes) is 2. The van der Waals surface area contributed by atoms with E-state index in [0.29, 0.717) is 0 Å². The van der Waals surface area contributed by atoms with E-state index in [4.69, 9.17) is 10.5 Å². The molecule has 108 valence electrons. The standard InChI is InChI=1S/C16H28N2O/c1-3-5-11-18(12-6-4-2)13-14-19-16-9-7-15(17)8-10-16/h7-10H,3-6,11-14,17H2,1-2H3. The highest BCUT2D eigenvalue weighted by molar-refractivity contribution is 5.41. The van der Waals surface area contributed by atoms with Crippen molar-refractivity contribution in [2.45, 2.75) is 39.5 Å². The predicted octanol–water partition coefficient (Wildman–Crippen LogP) is 3.55. The van der Waals surface area contributed by atoms with Crippen molar-refractivity contribution in [3.63, 3.8) is 0 Å². The second kappa shape index (κ2) is 9.68. The Morgan fingerprint density at radius 2 is 1.53 bits per heavy atom. The Morgan fingerprint density at radius 1 is 0.947 bits per heavy atom. The van der Waals surface area contributed by atoms with E-state index in [1.165, 1.54) is 38.8 Å². The Labute approximate surface area is 117 Å². The molecule has 0 radical (unpaired) electrons. The molecule has 1 aromatic carbocycles. The molecule has 0 atom stereocenters. The Morgan fingerprint density at radius 3 is 2.05 bits per heavy atom. The molecule has 1 rings (SSSR count). The predicted molar refractivity (Wildman–Crippen MR) is 82.6 cm³/mol. The number of hydrogen-bond donors (Lipinski definition) is 1. The average Bonchev–Trinajstić information content (AvgIpc) is 2.43. The Hall–Kier alpha value is -1.22. The molecule has 0 heterocycles. The van der Waals surface area contributed by atoms with E-state index >= 15 is 0 Å². The van der Waals surface area contributed by atoms with Gasteiger partial charge in [-0.25, -0.2) is 0 Å². The van der Waals surface area contributed by atoms with Gasteiger partial charge < -0.3 is 10.5 Å². The Kier molecular flexibility index (Phi) is 8.07. The van der Waals surface area contributed by atoms with Crippen LogP contribution in [0.25, 0.3) is 0 Å². The molecule has 0 bridgehead atoms. The molecule has 0 saturated carbocycles. The third kappa shape index (κ3) is 7.06. The van der Waals surface area contributed by atoms with Crippen molar-refractivity contribution in [2.75, 3.05) is 32.0 Å². The Balaban J connectivity index is 2.27. The quantitative estimate of drug-likeness (QED) is 0.657. The van der Waals surface area contributed by atoms with Gasteiger partial charge in [0, 0.05) is 12.2 Å². The SMILES string of the molecule is CCCCN(CCCC)CCOc1ccc(N)cc1. The lowest BCUT2D eigenvalue weighted by Gasteiger charge is -2.21. The monoisotopic (exact) mass is 264 g/mol. The van der Waals surface area contributed by atoms with Gasteiger partial charge in [0.15, 0.2) is 0 Å². The molecule has 19 heavy (non-hydrogen) atoms. The normalized spacial score (nSPS) is 10.9. The summed E-state index contributed by atoms with van der Waals surface area (Å²) in [5, 5.41) is 0. The zero-order chi connectivity index (χ0) is 13.9. The summed E-state index contributed by atoms with van der Waals surface area (Å²) in [4.78, 5) is 2.50. The van der Waals surface area contributed by atoms with Crippen molar-refractivity contribution in [3.8, 4) is 5.75 Å². The van der Waals surface area contributed by atoms with Crippen LogP contribution < -0.4 is 10.5 Å². The molecule has 0 spiro atoms. The summed E-state index contributed by atoms with van der Waals surface area (Å²) in [5.41, 5.74) is 6.43. The first kappa shape index (κ1) is 15.8. The van der Waals surface area contributed by atoms with Gasteiger partial charge in [-0.3, -0.25) is 4.90 Å². The van der Waals surface area contributed by atoms with Gasteiger partial charge in [0.05, 0.1) is 0 Å². The largest absolute Gasteiger partial charge is 0.492 e. The van der Waals surface area contributed by atoms with Gasteiger partial charge in [-0.2, -0.15) is 0 Å². The summed E-state index contributed by atoms with van der Waals surface area (Å²) >= 11 is 0. The maximum Gasteiger partial charge on any atom is 0.119 e. The van der Waals surface area contributed by atoms with E-state index in [1.54, 1.807) is 0 Å². The van der Waals surface area contributed by atoms with Crippen LogP contribution in [0.3, 0.4) is 0 Å². The molecule has 0 amide bonds. The summed E-state index contributed by atoms with van der Waals surface area (Å²) in [6, 6.07) is 7.61. The maximum absolute atomic E-state index is 5.75. The maximum atomic E-state index is 5.75. The minimum absolute atomic E-state index is 0.747. The van der Waals surface area contributed by atoms with Crippen LogP contribution in [0, 0.1) is 0 Å². The minimum Gasteiger partial charge on any atom is -0.492 e. The van der Waals surface area contributed by atoms with E-state index < -0.39 is 0 Å². The zero-order valence-electron chi connectivity index (χ0n) is 12.4. The van der Waals surface area contributed by atoms with E-state index in [0.717, 1.165) is 24.6 Å². The van der Waals surface area contributed by atoms with Crippen LogP contribution >= 0.6 is 0 Å². The number of nitrogens with two attached hydrogens (primary N) is 1. The van der Waals surface area contributed by atoms with Crippen molar-refractivity contribution in [1.29, 1.82) is 0 Å². The molecule has 0 fully saturated rings. The van der Waals surface area contributed by atoms with Gasteiger partial charge in [-0.15, -0.1) is 0 Å². The second-order valence-electron chi connectivity index (χ2n) is 4.97. The fourth-order valence-corrected chi connectivity index (χ4v) is 1.96. The van der Waals surface area contributed by atoms with E-state index in [2.05, 4.69) is 18.7 Å². The van der Waals surface area contributed by atoms with Gasteiger partial charge >= 0.3 is 0 Å². The summed E-state index contributed by atoms with van der Waals surface area (Å²) in [6.07, 6.45) is 5.04. The number of anilines is 1. The highest BCUT2D eigenvalue weighted by Crippen LogP contribution is 2.13. The number of nitrogen functional groups attached to an aromatic ring is 1. The van der Waals surface area contributed by atoms with Crippen LogP contribution in [0.4, 0.5) is 5.69 Å². The van der Waals surface area contributed by atoms with Gasteiger partial charge in [0.25, 0.3) is 0 Å². The lowest BCUT2D eigenvalue weighted by molar-refractivity contribution is 0.204. The van der Waals surface area contributed by atoms with Crippen LogP contribution in [0.2, 0.25) is 0 Å². The summed E-state index contributed by atoms with van der Waals surface area (Å²) < 4.78 is 5.75. The van der Waals surface area contributed by atoms with Gasteiger partial charge in [-0.1, -0.05) is 26.7 Å². The topological polar surface area (TPSA) is 38.5 Å². The van der Waals surface area contributed by atoms with Crippen LogP contribution in [0.5, 0.6) is 5.75 Å². The average molecular weight is 264 g/mol. The zero-order valence-corrected chi connectivity index (χ0v) is 12.4. The number of benzene rings is 1. The van der Waals surface area contributed by atoms with Crippen LogP contribution in [-0.2, 0) is 0 Å². The first-order valence-corrected chi connectivity index (χ1v) is 7.47. The van der Waals surface area contributed by atoms with Crippen LogP contribution in [-0.4, -0.2) is 31.1 Å². The first-order valence-electron chi connectivity index (χ1n) is 7.47. The highest BCUT2D eigenvalue weighted by Gasteiger charge is 2.04. The van der Waals surface area contributed by atoms with E-state index in [9.17, 15) is 0 Å². The lowest BCUT2D eigenvalue weighted by atomic mass is 10.2. The molecule has 0 aliphatic rings. The summed E-state index contributed by atoms with van der Waals surface area (Å²) in [7, 11) is 0. The van der Waals surface area contributed by atoms with Gasteiger partial charge in [0.2, 0.25) is 0 Å². The molecule has 3 heteroatoms. The highest BCUT2D eigenvalue weighted by atomic mass is 16.5. The third-order valence-corrected chi connectivity index (χ3v) is 3.21. The third-order valence-electron chi connectivity index (χ3n) is 3.21.